The van der Waals surface area contributed by atoms with Crippen LogP contribution < -0.4 is 11.1 Å². The number of nitrogen functional groups attached to an aromatic ring is 1. The van der Waals surface area contributed by atoms with E-state index in [4.69, 9.17) is 10.5 Å². The third-order valence-corrected chi connectivity index (χ3v) is 6.37. The van der Waals surface area contributed by atoms with Crippen molar-refractivity contribution in [2.75, 3.05) is 18.2 Å². The van der Waals surface area contributed by atoms with Gasteiger partial charge in [-0.25, -0.2) is 13.8 Å². The van der Waals surface area contributed by atoms with Crippen molar-refractivity contribution < 1.29 is 18.3 Å². The lowest BCUT2D eigenvalue weighted by atomic mass is 10.1. The van der Waals surface area contributed by atoms with Gasteiger partial charge in [0.2, 0.25) is 0 Å². The Morgan fingerprint density at radius 1 is 1.34 bits per heavy atom. The zero-order chi connectivity index (χ0) is 22.8. The van der Waals surface area contributed by atoms with Crippen molar-refractivity contribution in [3.63, 3.8) is 0 Å². The number of carbonyl (C=O) groups is 1. The number of halogens is 2. The molecule has 0 saturated carbocycles. The number of benzene rings is 1. The summed E-state index contributed by atoms with van der Waals surface area (Å²) < 4.78 is 35.4. The van der Waals surface area contributed by atoms with Crippen LogP contribution in [0.4, 0.5) is 19.5 Å². The van der Waals surface area contributed by atoms with Crippen LogP contribution in [0.5, 0.6) is 0 Å². The van der Waals surface area contributed by atoms with Crippen molar-refractivity contribution in [3.8, 4) is 10.6 Å². The van der Waals surface area contributed by atoms with Crippen molar-refractivity contribution in [2.45, 2.75) is 31.8 Å². The average molecular weight is 460 g/mol. The quantitative estimate of drug-likeness (QED) is 0.580. The van der Waals surface area contributed by atoms with Gasteiger partial charge in [-0.3, -0.25) is 9.48 Å². The van der Waals surface area contributed by atoms with E-state index in [9.17, 15) is 13.6 Å². The molecule has 1 aromatic carbocycles. The lowest BCUT2D eigenvalue weighted by Gasteiger charge is -2.10. The summed E-state index contributed by atoms with van der Waals surface area (Å²) in [5.41, 5.74) is 7.97. The van der Waals surface area contributed by atoms with Crippen LogP contribution in [0.1, 0.15) is 41.9 Å². The number of anilines is 2. The smallest absolute Gasteiger partial charge is 0.277 e. The minimum atomic E-state index is -0.769. The molecule has 1 atom stereocenters. The monoisotopic (exact) mass is 459 g/mol. The highest BCUT2D eigenvalue weighted by atomic mass is 32.1. The van der Waals surface area contributed by atoms with Crippen LogP contribution in [0.2, 0.25) is 0 Å². The first kappa shape index (κ1) is 22.1. The highest BCUT2D eigenvalue weighted by molar-refractivity contribution is 7.19. The zero-order valence-corrected chi connectivity index (χ0v) is 18.5. The summed E-state index contributed by atoms with van der Waals surface area (Å²) >= 11 is 0.857. The van der Waals surface area contributed by atoms with Gasteiger partial charge in [0, 0.05) is 14.2 Å². The van der Waals surface area contributed by atoms with E-state index in [0.29, 0.717) is 5.69 Å². The molecule has 168 valence electrons. The third-order valence-electron chi connectivity index (χ3n) is 5.47. The lowest BCUT2D eigenvalue weighted by molar-refractivity contribution is 0.0978. The van der Waals surface area contributed by atoms with Crippen LogP contribution in [0.3, 0.4) is 0 Å². The molecule has 0 saturated heterocycles. The Hall–Kier alpha value is -3.11. The maximum Gasteiger partial charge on any atom is 0.277 e. The third kappa shape index (κ3) is 4.28. The highest BCUT2D eigenvalue weighted by Crippen LogP contribution is 2.35. The largest absolute Gasteiger partial charge is 0.389 e. The van der Waals surface area contributed by atoms with Gasteiger partial charge in [0.25, 0.3) is 5.91 Å². The fraction of sp³-hybridized carbons (Fsp3) is 0.318. The maximum atomic E-state index is 14.1. The van der Waals surface area contributed by atoms with E-state index in [2.05, 4.69) is 21.5 Å². The normalized spacial score (nSPS) is 16.5. The Morgan fingerprint density at radius 2 is 2.09 bits per heavy atom. The van der Waals surface area contributed by atoms with Crippen molar-refractivity contribution in [2.24, 2.45) is 7.05 Å². The Labute approximate surface area is 187 Å². The Kier molecular flexibility index (Phi) is 6.33. The zero-order valence-electron chi connectivity index (χ0n) is 17.7. The Balaban J connectivity index is 1.61. The first-order valence-electron chi connectivity index (χ1n) is 10.1. The number of rotatable bonds is 5. The summed E-state index contributed by atoms with van der Waals surface area (Å²) in [4.78, 5) is 17.1. The van der Waals surface area contributed by atoms with Crippen molar-refractivity contribution in [3.05, 3.63) is 53.5 Å². The number of carbonyl (C=O) groups excluding carboxylic acids is 1. The predicted octanol–water partition coefficient (Wildman–Crippen LogP) is 4.63. The summed E-state index contributed by atoms with van der Waals surface area (Å²) in [5.74, 6) is -2.11. The molecule has 32 heavy (non-hydrogen) atoms. The standard InChI is InChI=1S/C22H23F2N5O2S/c1-29-19(12-5-3-6-13(31-2)10-9-12)16(11-26-29)27-21(30)18-20(25)32-22(28-18)17-14(23)7-4-8-15(17)24/h4,7-9,11,13H,3,5-6,10,25H2,1-2H3,(H,27,30)/t13-/m1/s1. The van der Waals surface area contributed by atoms with Crippen LogP contribution in [0.25, 0.3) is 16.1 Å². The second-order valence-electron chi connectivity index (χ2n) is 7.53. The van der Waals surface area contributed by atoms with Crippen LogP contribution >= 0.6 is 11.3 Å². The van der Waals surface area contributed by atoms with Gasteiger partial charge in [0.15, 0.2) is 5.69 Å². The molecule has 4 rings (SSSR count). The summed E-state index contributed by atoms with van der Waals surface area (Å²) in [5, 5.41) is 7.17. The van der Waals surface area contributed by atoms with Crippen LogP contribution in [0.15, 0.2) is 30.5 Å². The van der Waals surface area contributed by atoms with Gasteiger partial charge in [0.1, 0.15) is 21.6 Å². The van der Waals surface area contributed by atoms with Gasteiger partial charge in [0.05, 0.1) is 29.2 Å². The van der Waals surface area contributed by atoms with E-state index in [0.717, 1.165) is 60.4 Å². The summed E-state index contributed by atoms with van der Waals surface area (Å²) in [6.45, 7) is 0. The lowest BCUT2D eigenvalue weighted by Crippen LogP contribution is -2.15. The Morgan fingerprint density at radius 3 is 2.81 bits per heavy atom. The molecule has 3 aromatic rings. The SMILES string of the molecule is CO[C@H]1CC=C(c2c(NC(=O)c3nc(-c4c(F)cccc4F)sc3N)cnn2C)CCC1. The molecule has 2 heterocycles. The first-order chi connectivity index (χ1) is 15.4. The molecule has 2 aromatic heterocycles. The van der Waals surface area contributed by atoms with Gasteiger partial charge in [-0.2, -0.15) is 5.10 Å². The molecule has 0 bridgehead atoms. The van der Waals surface area contributed by atoms with Crippen LogP contribution in [0, 0.1) is 11.6 Å². The van der Waals surface area contributed by atoms with Gasteiger partial charge >= 0.3 is 0 Å². The topological polar surface area (TPSA) is 95.1 Å². The molecule has 0 aliphatic heterocycles. The number of allylic oxidation sites excluding steroid dienone is 1. The number of hydrogen-bond donors (Lipinski definition) is 2. The number of ether oxygens (including phenoxy) is 1. The maximum absolute atomic E-state index is 14.1. The first-order valence-corrected chi connectivity index (χ1v) is 11.0. The van der Waals surface area contributed by atoms with E-state index >= 15 is 0 Å². The van der Waals surface area contributed by atoms with E-state index in [-0.39, 0.29) is 27.4 Å². The van der Waals surface area contributed by atoms with Crippen molar-refractivity contribution in [1.29, 1.82) is 0 Å². The molecule has 0 unspecified atom stereocenters. The second kappa shape index (κ2) is 9.17. The molecule has 1 amide bonds. The molecular weight excluding hydrogens is 436 g/mol. The van der Waals surface area contributed by atoms with E-state index in [1.165, 1.54) is 6.07 Å². The fourth-order valence-corrected chi connectivity index (χ4v) is 4.72. The second-order valence-corrected chi connectivity index (χ2v) is 8.56. The predicted molar refractivity (Wildman–Crippen MR) is 120 cm³/mol. The van der Waals surface area contributed by atoms with Gasteiger partial charge in [-0.15, -0.1) is 0 Å². The number of nitrogens with two attached hydrogens (primary N) is 1. The summed E-state index contributed by atoms with van der Waals surface area (Å²) in [7, 11) is 3.51. The molecule has 1 aliphatic rings. The van der Waals surface area contributed by atoms with Crippen molar-refractivity contribution >= 4 is 33.5 Å². The number of hydrogen-bond acceptors (Lipinski definition) is 6. The summed E-state index contributed by atoms with van der Waals surface area (Å²) in [6.07, 6.45) is 7.38. The number of methoxy groups -OCH3 is 1. The molecule has 0 fully saturated rings. The Bertz CT molecular complexity index is 1170. The van der Waals surface area contributed by atoms with Crippen LogP contribution in [-0.2, 0) is 11.8 Å². The molecule has 0 spiro atoms. The molecular formula is C22H23F2N5O2S. The number of aryl methyl sites for hydroxylation is 1. The molecule has 7 nitrogen and oxygen atoms in total. The van der Waals surface area contributed by atoms with Crippen LogP contribution in [-0.4, -0.2) is 33.9 Å². The molecule has 0 radical (unpaired) electrons. The van der Waals surface area contributed by atoms with E-state index in [1.54, 1.807) is 25.0 Å². The number of thiazole rings is 1. The molecule has 1 aliphatic carbocycles. The van der Waals surface area contributed by atoms with Gasteiger partial charge < -0.3 is 15.8 Å². The average Bonchev–Trinajstić information content (AvgIpc) is 3.21. The number of nitrogens with one attached hydrogen (secondary N) is 1. The van der Waals surface area contributed by atoms with Gasteiger partial charge in [-0.05, 0) is 43.4 Å². The number of amides is 1. The number of aromatic nitrogens is 3. The van der Waals surface area contributed by atoms with Crippen molar-refractivity contribution in [1.82, 2.24) is 14.8 Å². The fourth-order valence-electron chi connectivity index (χ4n) is 3.84. The number of nitrogens with zero attached hydrogens (tertiary/aromatic N) is 3. The summed E-state index contributed by atoms with van der Waals surface area (Å²) in [6, 6.07) is 3.53. The van der Waals surface area contributed by atoms with E-state index < -0.39 is 17.5 Å². The highest BCUT2D eigenvalue weighted by Gasteiger charge is 2.24. The van der Waals surface area contributed by atoms with E-state index in [1.807, 2.05) is 0 Å². The molecule has 3 N–H and O–H groups in total. The van der Waals surface area contributed by atoms with Gasteiger partial charge in [-0.1, -0.05) is 23.5 Å². The minimum Gasteiger partial charge on any atom is -0.389 e. The minimum absolute atomic E-state index is 0.00624. The molecule has 10 heteroatoms.